The molecule has 0 saturated heterocycles. The van der Waals surface area contributed by atoms with Crippen molar-refractivity contribution in [1.82, 2.24) is 9.97 Å². The maximum absolute atomic E-state index is 6.65. The summed E-state index contributed by atoms with van der Waals surface area (Å²) in [6.45, 7) is 4.55. The molecule has 2 aliphatic rings. The van der Waals surface area contributed by atoms with Crippen LogP contribution >= 0.6 is 0 Å². The lowest BCUT2D eigenvalue weighted by Crippen LogP contribution is -2.15. The second kappa shape index (κ2) is 12.2. The average Bonchev–Trinajstić information content (AvgIpc) is 3.46. The van der Waals surface area contributed by atoms with Crippen molar-refractivity contribution < 1.29 is 9.47 Å². The summed E-state index contributed by atoms with van der Waals surface area (Å²) in [4.78, 5) is 10.2. The van der Waals surface area contributed by atoms with Gasteiger partial charge in [-0.05, 0) is 69.3 Å². The molecule has 1 aliphatic heterocycles. The van der Waals surface area contributed by atoms with Gasteiger partial charge in [-0.2, -0.15) is 0 Å². The molecule has 0 N–H and O–H groups in total. The monoisotopic (exact) mass is 682 g/mol. The SMILES string of the molecule is CC1(C)c2ccccc2-c2c1ccc1c2Oc2ccc(-c3cccc(-c4nc(-c5ccccc5)cc(-c5ccc(-c6ccccc6)cc5)n4)c3)cc2O1. The Hall–Kier alpha value is -6.78. The molecule has 7 aromatic carbocycles. The first-order chi connectivity index (χ1) is 26.0. The van der Waals surface area contributed by atoms with E-state index in [2.05, 4.69) is 147 Å². The van der Waals surface area contributed by atoms with Crippen LogP contribution in [0.1, 0.15) is 25.0 Å². The maximum Gasteiger partial charge on any atom is 0.178 e. The number of fused-ring (bicyclic) bond motifs is 6. The molecule has 1 aromatic heterocycles. The van der Waals surface area contributed by atoms with Crippen LogP contribution in [-0.4, -0.2) is 9.97 Å². The van der Waals surface area contributed by atoms with E-state index in [0.29, 0.717) is 17.3 Å². The van der Waals surface area contributed by atoms with Crippen molar-refractivity contribution >= 4 is 0 Å². The maximum atomic E-state index is 6.65. The first-order valence-electron chi connectivity index (χ1n) is 18.0. The van der Waals surface area contributed by atoms with Gasteiger partial charge in [0, 0.05) is 27.7 Å². The predicted octanol–water partition coefficient (Wildman–Crippen LogP) is 13.0. The van der Waals surface area contributed by atoms with Crippen LogP contribution in [0.5, 0.6) is 23.0 Å². The predicted molar refractivity (Wildman–Crippen MR) is 213 cm³/mol. The van der Waals surface area contributed by atoms with Gasteiger partial charge in [0.15, 0.2) is 28.8 Å². The number of hydrogen-bond donors (Lipinski definition) is 0. The first kappa shape index (κ1) is 31.0. The van der Waals surface area contributed by atoms with Crippen LogP contribution in [-0.2, 0) is 5.41 Å². The van der Waals surface area contributed by atoms with Gasteiger partial charge in [0.2, 0.25) is 0 Å². The summed E-state index contributed by atoms with van der Waals surface area (Å²) in [6.07, 6.45) is 0. The Morgan fingerprint density at radius 3 is 1.74 bits per heavy atom. The minimum atomic E-state index is -0.114. The van der Waals surface area contributed by atoms with E-state index < -0.39 is 0 Å². The lowest BCUT2D eigenvalue weighted by atomic mass is 9.82. The number of hydrogen-bond acceptors (Lipinski definition) is 4. The third-order valence-electron chi connectivity index (χ3n) is 10.6. The van der Waals surface area contributed by atoms with Gasteiger partial charge in [0.25, 0.3) is 0 Å². The fraction of sp³-hybridized carbons (Fsp3) is 0.0612. The zero-order valence-electron chi connectivity index (χ0n) is 29.4. The highest BCUT2D eigenvalue weighted by atomic mass is 16.6. The molecule has 8 aromatic rings. The van der Waals surface area contributed by atoms with Gasteiger partial charge < -0.3 is 9.47 Å². The van der Waals surface area contributed by atoms with Crippen molar-refractivity contribution in [3.05, 3.63) is 181 Å². The number of nitrogens with zero attached hydrogens (tertiary/aromatic N) is 2. The zero-order valence-corrected chi connectivity index (χ0v) is 29.4. The lowest BCUT2D eigenvalue weighted by Gasteiger charge is -2.25. The number of rotatable bonds is 5. The van der Waals surface area contributed by atoms with Crippen molar-refractivity contribution in [2.75, 3.05) is 0 Å². The molecular formula is C49H34N2O2. The lowest BCUT2D eigenvalue weighted by molar-refractivity contribution is 0.360. The Balaban J connectivity index is 1.00. The number of benzene rings is 7. The summed E-state index contributed by atoms with van der Waals surface area (Å²) in [6, 6.07) is 58.8. The van der Waals surface area contributed by atoms with E-state index in [4.69, 9.17) is 19.4 Å². The fourth-order valence-corrected chi connectivity index (χ4v) is 7.79. The van der Waals surface area contributed by atoms with Crippen LogP contribution in [0.25, 0.3) is 67.3 Å². The van der Waals surface area contributed by atoms with Gasteiger partial charge >= 0.3 is 0 Å². The highest BCUT2D eigenvalue weighted by molar-refractivity contribution is 5.88. The fourth-order valence-electron chi connectivity index (χ4n) is 7.79. The largest absolute Gasteiger partial charge is 0.449 e. The highest BCUT2D eigenvalue weighted by Crippen LogP contribution is 2.58. The van der Waals surface area contributed by atoms with Crippen LogP contribution in [0.15, 0.2) is 170 Å². The number of aromatic nitrogens is 2. The molecule has 1 aliphatic carbocycles. The van der Waals surface area contributed by atoms with Crippen LogP contribution in [0.3, 0.4) is 0 Å². The standard InChI is InChI=1S/C49H34N2O2/c1-49(2)39-19-10-9-18-38(39)46-40(49)25-27-44-47(46)53-43-26-24-36(29-45(43)52-44)35-16-11-17-37(28-35)48-50-41(33-14-7-4-8-15-33)30-42(51-48)34-22-20-32(21-23-34)31-12-5-3-6-13-31/h3-30H,1-2H3. The molecule has 0 radical (unpaired) electrons. The van der Waals surface area contributed by atoms with E-state index in [9.17, 15) is 0 Å². The molecule has 4 heteroatoms. The van der Waals surface area contributed by atoms with Crippen molar-refractivity contribution in [1.29, 1.82) is 0 Å². The molecule has 0 bridgehead atoms. The molecule has 0 amide bonds. The summed E-state index contributed by atoms with van der Waals surface area (Å²) in [5.41, 5.74) is 13.9. The Kier molecular flexibility index (Phi) is 7.12. The third-order valence-corrected chi connectivity index (χ3v) is 10.6. The van der Waals surface area contributed by atoms with Crippen LogP contribution in [0.2, 0.25) is 0 Å². The molecule has 10 rings (SSSR count). The van der Waals surface area contributed by atoms with Crippen LogP contribution in [0, 0.1) is 0 Å². The average molecular weight is 683 g/mol. The Morgan fingerprint density at radius 1 is 0.396 bits per heavy atom. The van der Waals surface area contributed by atoms with Crippen molar-refractivity contribution in [3.63, 3.8) is 0 Å². The van der Waals surface area contributed by atoms with E-state index in [1.165, 1.54) is 27.8 Å². The summed E-state index contributed by atoms with van der Waals surface area (Å²) in [5.74, 6) is 3.57. The van der Waals surface area contributed by atoms with E-state index in [-0.39, 0.29) is 5.41 Å². The summed E-state index contributed by atoms with van der Waals surface area (Å²) in [7, 11) is 0. The second-order valence-corrected chi connectivity index (χ2v) is 14.2. The zero-order chi connectivity index (χ0) is 35.5. The molecule has 4 nitrogen and oxygen atoms in total. The summed E-state index contributed by atoms with van der Waals surface area (Å²) in [5, 5.41) is 0. The van der Waals surface area contributed by atoms with E-state index in [1.807, 2.05) is 36.4 Å². The van der Waals surface area contributed by atoms with Gasteiger partial charge in [0.1, 0.15) is 0 Å². The van der Waals surface area contributed by atoms with E-state index >= 15 is 0 Å². The van der Waals surface area contributed by atoms with Gasteiger partial charge in [-0.3, -0.25) is 0 Å². The molecule has 0 spiro atoms. The third kappa shape index (κ3) is 5.30. The Labute approximate surface area is 309 Å². The smallest absolute Gasteiger partial charge is 0.178 e. The molecule has 0 atom stereocenters. The number of ether oxygens (including phenoxy) is 2. The molecule has 0 unspecified atom stereocenters. The highest BCUT2D eigenvalue weighted by Gasteiger charge is 2.39. The Morgan fingerprint density at radius 2 is 0.962 bits per heavy atom. The summed E-state index contributed by atoms with van der Waals surface area (Å²) < 4.78 is 13.2. The molecular weight excluding hydrogens is 649 g/mol. The van der Waals surface area contributed by atoms with Crippen LogP contribution in [0.4, 0.5) is 0 Å². The van der Waals surface area contributed by atoms with Crippen LogP contribution < -0.4 is 9.47 Å². The minimum Gasteiger partial charge on any atom is -0.449 e. The van der Waals surface area contributed by atoms with Gasteiger partial charge in [0.05, 0.1) is 11.4 Å². The molecule has 0 saturated carbocycles. The van der Waals surface area contributed by atoms with Gasteiger partial charge in [-0.15, -0.1) is 0 Å². The molecule has 53 heavy (non-hydrogen) atoms. The van der Waals surface area contributed by atoms with Gasteiger partial charge in [-0.25, -0.2) is 9.97 Å². The van der Waals surface area contributed by atoms with Crippen molar-refractivity contribution in [3.8, 4) is 90.3 Å². The van der Waals surface area contributed by atoms with Crippen molar-refractivity contribution in [2.45, 2.75) is 19.3 Å². The normalized spacial score (nSPS) is 13.2. The van der Waals surface area contributed by atoms with Gasteiger partial charge in [-0.1, -0.05) is 153 Å². The quantitative estimate of drug-likeness (QED) is 0.181. The first-order valence-corrected chi connectivity index (χ1v) is 18.0. The van der Waals surface area contributed by atoms with E-state index in [0.717, 1.165) is 56.3 Å². The summed E-state index contributed by atoms with van der Waals surface area (Å²) >= 11 is 0. The Bertz CT molecular complexity index is 2680. The molecule has 252 valence electrons. The van der Waals surface area contributed by atoms with E-state index in [1.54, 1.807) is 0 Å². The second-order valence-electron chi connectivity index (χ2n) is 14.2. The molecule has 2 heterocycles. The molecule has 0 fully saturated rings. The van der Waals surface area contributed by atoms with Crippen molar-refractivity contribution in [2.24, 2.45) is 0 Å². The topological polar surface area (TPSA) is 44.2 Å². The minimum absolute atomic E-state index is 0.114.